The molecule has 0 bridgehead atoms. The van der Waals surface area contributed by atoms with E-state index in [0.717, 1.165) is 16.7 Å². The van der Waals surface area contributed by atoms with Crippen LogP contribution in [0.25, 0.3) is 16.0 Å². The van der Waals surface area contributed by atoms with Crippen molar-refractivity contribution in [1.29, 1.82) is 0 Å². The van der Waals surface area contributed by atoms with E-state index in [2.05, 4.69) is 9.97 Å². The summed E-state index contributed by atoms with van der Waals surface area (Å²) in [4.78, 5) is 37.0. The van der Waals surface area contributed by atoms with Crippen molar-refractivity contribution in [1.82, 2.24) is 9.97 Å². The van der Waals surface area contributed by atoms with Gasteiger partial charge in [0, 0.05) is 16.8 Å². The van der Waals surface area contributed by atoms with Gasteiger partial charge in [0.25, 0.3) is 5.78 Å². The molecule has 2 aromatic carbocycles. The number of carbonyl (C=O) groups excluding carboxylic acids is 2. The van der Waals surface area contributed by atoms with Crippen LogP contribution < -0.4 is 9.64 Å². The van der Waals surface area contributed by atoms with Crippen molar-refractivity contribution in [2.75, 3.05) is 11.5 Å². The molecule has 1 saturated heterocycles. The number of aliphatic hydroxyl groups excluding tert-OH is 1. The number of aliphatic hydroxyl groups is 1. The number of carbonyl (C=O) groups is 2. The summed E-state index contributed by atoms with van der Waals surface area (Å²) >= 11 is 7.55. The number of benzene rings is 2. The van der Waals surface area contributed by atoms with Crippen LogP contribution in [0.2, 0.25) is 5.02 Å². The van der Waals surface area contributed by atoms with Gasteiger partial charge in [0.05, 0.1) is 28.1 Å². The lowest BCUT2D eigenvalue weighted by atomic mass is 9.98. The molecule has 9 heteroatoms. The van der Waals surface area contributed by atoms with Gasteiger partial charge in [-0.3, -0.25) is 19.5 Å². The Morgan fingerprint density at radius 3 is 2.64 bits per heavy atom. The molecule has 1 aliphatic heterocycles. The molecule has 1 amide bonds. The number of ether oxygens (including phenoxy) is 1. The lowest BCUT2D eigenvalue weighted by Crippen LogP contribution is -2.29. The summed E-state index contributed by atoms with van der Waals surface area (Å²) in [6.07, 6.45) is 2.45. The Hall–Kier alpha value is -3.75. The Morgan fingerprint density at radius 1 is 1.17 bits per heavy atom. The molecule has 1 atom stereocenters. The lowest BCUT2D eigenvalue weighted by Gasteiger charge is -2.21. The average Bonchev–Trinajstić information content (AvgIpc) is 3.40. The summed E-state index contributed by atoms with van der Waals surface area (Å²) in [5, 5.41) is 12.2. The van der Waals surface area contributed by atoms with Crippen LogP contribution in [0.15, 0.2) is 66.4 Å². The molecule has 7 nitrogen and oxygen atoms in total. The zero-order valence-electron chi connectivity index (χ0n) is 19.6. The van der Waals surface area contributed by atoms with Crippen LogP contribution in [-0.4, -0.2) is 33.4 Å². The summed E-state index contributed by atoms with van der Waals surface area (Å²) in [5.74, 6) is -1.22. The van der Waals surface area contributed by atoms with Gasteiger partial charge in [0.1, 0.15) is 17.6 Å². The zero-order chi connectivity index (χ0) is 25.4. The minimum absolute atomic E-state index is 0.0469. The highest BCUT2D eigenvalue weighted by Gasteiger charge is 2.48. The normalized spacial score (nSPS) is 17.2. The molecule has 0 spiro atoms. The first kappa shape index (κ1) is 24.0. The van der Waals surface area contributed by atoms with E-state index in [0.29, 0.717) is 39.3 Å². The van der Waals surface area contributed by atoms with E-state index in [1.165, 1.54) is 16.2 Å². The van der Waals surface area contributed by atoms with E-state index >= 15 is 0 Å². The maximum Gasteiger partial charge on any atom is 0.301 e. The number of nitrogens with zero attached hydrogens (tertiary/aromatic N) is 3. The number of amides is 1. The third-order valence-corrected chi connectivity index (χ3v) is 7.30. The van der Waals surface area contributed by atoms with Crippen LogP contribution in [0.4, 0.5) is 5.13 Å². The number of aromatic nitrogens is 2. The number of hydrogen-bond donors (Lipinski definition) is 1. The van der Waals surface area contributed by atoms with E-state index in [-0.39, 0.29) is 11.3 Å². The Balaban J connectivity index is 1.64. The van der Waals surface area contributed by atoms with Crippen LogP contribution in [0.1, 0.15) is 36.2 Å². The van der Waals surface area contributed by atoms with Crippen molar-refractivity contribution >= 4 is 55.7 Å². The summed E-state index contributed by atoms with van der Waals surface area (Å²) < 4.78 is 6.44. The predicted molar refractivity (Wildman–Crippen MR) is 141 cm³/mol. The number of thiazole rings is 1. The van der Waals surface area contributed by atoms with Crippen molar-refractivity contribution in [2.45, 2.75) is 26.3 Å². The number of hydrogen-bond acceptors (Lipinski definition) is 7. The first-order valence-electron chi connectivity index (χ1n) is 11.4. The van der Waals surface area contributed by atoms with Crippen molar-refractivity contribution in [3.05, 3.63) is 88.2 Å². The maximum atomic E-state index is 13.3. The highest BCUT2D eigenvalue weighted by atomic mass is 35.5. The second-order valence-corrected chi connectivity index (χ2v) is 9.78. The van der Waals surface area contributed by atoms with Crippen molar-refractivity contribution in [2.24, 2.45) is 0 Å². The van der Waals surface area contributed by atoms with Gasteiger partial charge in [-0.15, -0.1) is 0 Å². The summed E-state index contributed by atoms with van der Waals surface area (Å²) in [5.41, 5.74) is 2.29. The van der Waals surface area contributed by atoms with Gasteiger partial charge < -0.3 is 9.84 Å². The number of aryl methyl sites for hydroxylation is 1. The minimum atomic E-state index is -0.945. The Bertz CT molecular complexity index is 1460. The topological polar surface area (TPSA) is 92.6 Å². The van der Waals surface area contributed by atoms with Crippen molar-refractivity contribution in [3.63, 3.8) is 0 Å². The summed E-state index contributed by atoms with van der Waals surface area (Å²) in [6.45, 7) is 4.47. The number of pyridine rings is 1. The summed E-state index contributed by atoms with van der Waals surface area (Å²) in [6, 6.07) is 14.7. The monoisotopic (exact) mass is 519 g/mol. The smallest absolute Gasteiger partial charge is 0.301 e. The highest BCUT2D eigenvalue weighted by Crippen LogP contribution is 2.44. The van der Waals surface area contributed by atoms with E-state index < -0.39 is 17.7 Å². The first-order chi connectivity index (χ1) is 17.4. The standard InChI is InChI=1S/C27H22ClN3O4S/c1-3-12-35-17-9-7-16(8-10-17)24(32)22-23(19-6-4-5-11-29-19)31(26(34)25(22)33)27-30-20-14-18(28)15(2)13-21(20)36-27/h4-11,13-14,23,32H,3,12H2,1-2H3/b24-22+. The Morgan fingerprint density at radius 2 is 1.94 bits per heavy atom. The molecule has 182 valence electrons. The number of rotatable bonds is 6. The van der Waals surface area contributed by atoms with Gasteiger partial charge in [-0.05, 0) is 67.4 Å². The summed E-state index contributed by atoms with van der Waals surface area (Å²) in [7, 11) is 0. The molecule has 3 heterocycles. The SMILES string of the molecule is CCCOc1ccc(/C(O)=C2\C(=O)C(=O)N(c3nc4cc(Cl)c(C)cc4s3)C2c2ccccn2)cc1. The fourth-order valence-electron chi connectivity index (χ4n) is 4.07. The molecule has 1 unspecified atom stereocenters. The molecule has 36 heavy (non-hydrogen) atoms. The van der Waals surface area contributed by atoms with E-state index in [9.17, 15) is 14.7 Å². The quantitative estimate of drug-likeness (QED) is 0.189. The Labute approximate surface area is 216 Å². The molecule has 1 aliphatic rings. The van der Waals surface area contributed by atoms with Crippen LogP contribution in [-0.2, 0) is 9.59 Å². The molecule has 0 radical (unpaired) electrons. The van der Waals surface area contributed by atoms with Crippen molar-refractivity contribution < 1.29 is 19.4 Å². The molecule has 0 saturated carbocycles. The van der Waals surface area contributed by atoms with Crippen molar-refractivity contribution in [3.8, 4) is 5.75 Å². The minimum Gasteiger partial charge on any atom is -0.507 e. The molecule has 1 fully saturated rings. The van der Waals surface area contributed by atoms with E-state index in [1.807, 2.05) is 19.9 Å². The van der Waals surface area contributed by atoms with E-state index in [4.69, 9.17) is 16.3 Å². The van der Waals surface area contributed by atoms with Gasteiger partial charge in [0.15, 0.2) is 5.13 Å². The molecular formula is C27H22ClN3O4S. The fraction of sp³-hybridized carbons (Fsp3) is 0.185. The third-order valence-electron chi connectivity index (χ3n) is 5.88. The molecule has 1 N–H and O–H groups in total. The molecule has 4 aromatic rings. The number of halogens is 1. The van der Waals surface area contributed by atoms with Crippen LogP contribution >= 0.6 is 22.9 Å². The average molecular weight is 520 g/mol. The molecule has 2 aromatic heterocycles. The van der Waals surface area contributed by atoms with Gasteiger partial charge in [0.2, 0.25) is 0 Å². The van der Waals surface area contributed by atoms with Crippen LogP contribution in [0, 0.1) is 6.92 Å². The second kappa shape index (κ2) is 9.72. The Kier molecular flexibility index (Phi) is 6.47. The van der Waals surface area contributed by atoms with Gasteiger partial charge in [-0.25, -0.2) is 4.98 Å². The largest absolute Gasteiger partial charge is 0.507 e. The van der Waals surface area contributed by atoms with E-state index in [1.54, 1.807) is 54.7 Å². The second-order valence-electron chi connectivity index (χ2n) is 8.36. The number of anilines is 1. The maximum absolute atomic E-state index is 13.3. The number of fused-ring (bicyclic) bond motifs is 1. The van der Waals surface area contributed by atoms with Gasteiger partial charge in [-0.1, -0.05) is 35.9 Å². The molecule has 0 aliphatic carbocycles. The molecule has 5 rings (SSSR count). The lowest BCUT2D eigenvalue weighted by molar-refractivity contribution is -0.132. The molecular weight excluding hydrogens is 498 g/mol. The third kappa shape index (κ3) is 4.23. The zero-order valence-corrected chi connectivity index (χ0v) is 21.1. The van der Waals surface area contributed by atoms with Gasteiger partial charge >= 0.3 is 5.91 Å². The van der Waals surface area contributed by atoms with Gasteiger partial charge in [-0.2, -0.15) is 0 Å². The predicted octanol–water partition coefficient (Wildman–Crippen LogP) is 6.07. The first-order valence-corrected chi connectivity index (χ1v) is 12.6. The number of Topliss-reactive ketones (excluding diaryl/α,β-unsaturated/α-hetero) is 1. The van der Waals surface area contributed by atoms with Crippen LogP contribution in [0.5, 0.6) is 5.75 Å². The van der Waals surface area contributed by atoms with Crippen LogP contribution in [0.3, 0.4) is 0 Å². The number of ketones is 1. The highest BCUT2D eigenvalue weighted by molar-refractivity contribution is 7.22. The fourth-order valence-corrected chi connectivity index (χ4v) is 5.30.